The van der Waals surface area contributed by atoms with Crippen LogP contribution in [0, 0.1) is 0 Å². The molecule has 0 aliphatic carbocycles. The Morgan fingerprint density at radius 1 is 1.15 bits per heavy atom. The molecule has 2 N–H and O–H groups in total. The van der Waals surface area contributed by atoms with Crippen LogP contribution in [0.15, 0.2) is 0 Å². The van der Waals surface area contributed by atoms with E-state index in [1.807, 2.05) is 0 Å². The average Bonchev–Trinajstić information content (AvgIpc) is 3.18. The van der Waals surface area contributed by atoms with E-state index in [-0.39, 0.29) is 5.54 Å². The summed E-state index contributed by atoms with van der Waals surface area (Å²) in [6.45, 7) is 13.0. The van der Waals surface area contributed by atoms with Gasteiger partial charge in [-0.15, -0.1) is 0 Å². The minimum atomic E-state index is 0.263. The molecule has 20 heavy (non-hydrogen) atoms. The van der Waals surface area contributed by atoms with Crippen molar-refractivity contribution in [3.05, 3.63) is 0 Å². The normalized spacial score (nSPS) is 37.5. The molecule has 0 spiro atoms. The van der Waals surface area contributed by atoms with Crippen molar-refractivity contribution in [2.45, 2.75) is 57.2 Å². The number of hydrogen-bond acceptors (Lipinski definition) is 4. The zero-order valence-corrected chi connectivity index (χ0v) is 13.4. The zero-order chi connectivity index (χ0) is 14.2. The van der Waals surface area contributed by atoms with Crippen LogP contribution in [0.5, 0.6) is 0 Å². The first-order chi connectivity index (χ1) is 9.64. The summed E-state index contributed by atoms with van der Waals surface area (Å²) in [6.07, 6.45) is 5.41. The van der Waals surface area contributed by atoms with Crippen molar-refractivity contribution in [3.8, 4) is 0 Å². The van der Waals surface area contributed by atoms with E-state index in [4.69, 9.17) is 5.73 Å². The van der Waals surface area contributed by atoms with E-state index >= 15 is 0 Å². The van der Waals surface area contributed by atoms with Gasteiger partial charge in [-0.1, -0.05) is 0 Å². The second-order valence-corrected chi connectivity index (χ2v) is 7.37. The highest BCUT2D eigenvalue weighted by Crippen LogP contribution is 2.33. The lowest BCUT2D eigenvalue weighted by atomic mass is 9.96. The van der Waals surface area contributed by atoms with E-state index in [0.717, 1.165) is 12.6 Å². The van der Waals surface area contributed by atoms with Gasteiger partial charge in [0.25, 0.3) is 0 Å². The summed E-state index contributed by atoms with van der Waals surface area (Å²) >= 11 is 0. The van der Waals surface area contributed by atoms with E-state index in [2.05, 4.69) is 28.5 Å². The third kappa shape index (κ3) is 2.63. The van der Waals surface area contributed by atoms with Gasteiger partial charge < -0.3 is 5.73 Å². The van der Waals surface area contributed by atoms with Crippen molar-refractivity contribution in [2.75, 3.05) is 45.8 Å². The SMILES string of the molecule is CC(C)N1CCC(CN)(N2CCC(N3CCCC3)C2)C1. The van der Waals surface area contributed by atoms with E-state index < -0.39 is 0 Å². The summed E-state index contributed by atoms with van der Waals surface area (Å²) in [5.74, 6) is 0. The van der Waals surface area contributed by atoms with E-state index in [1.54, 1.807) is 0 Å². The number of hydrogen-bond donors (Lipinski definition) is 1. The minimum Gasteiger partial charge on any atom is -0.329 e. The third-order valence-corrected chi connectivity index (χ3v) is 5.96. The molecule has 3 saturated heterocycles. The zero-order valence-electron chi connectivity index (χ0n) is 13.4. The molecule has 0 bridgehead atoms. The summed E-state index contributed by atoms with van der Waals surface area (Å²) < 4.78 is 0. The average molecular weight is 280 g/mol. The highest BCUT2D eigenvalue weighted by atomic mass is 15.3. The van der Waals surface area contributed by atoms with Crippen molar-refractivity contribution in [2.24, 2.45) is 5.73 Å². The first-order valence-electron chi connectivity index (χ1n) is 8.58. The van der Waals surface area contributed by atoms with Gasteiger partial charge in [-0.05, 0) is 52.6 Å². The predicted molar refractivity (Wildman–Crippen MR) is 83.9 cm³/mol. The molecule has 116 valence electrons. The van der Waals surface area contributed by atoms with Gasteiger partial charge in [0.1, 0.15) is 0 Å². The van der Waals surface area contributed by atoms with Crippen LogP contribution in [0.1, 0.15) is 39.5 Å². The molecular formula is C16H32N4. The van der Waals surface area contributed by atoms with Crippen LogP contribution in [-0.4, -0.2) is 78.1 Å². The lowest BCUT2D eigenvalue weighted by Crippen LogP contribution is -2.55. The lowest BCUT2D eigenvalue weighted by molar-refractivity contribution is 0.110. The van der Waals surface area contributed by atoms with Gasteiger partial charge in [-0.25, -0.2) is 0 Å². The number of nitrogens with two attached hydrogens (primary N) is 1. The molecule has 0 aromatic rings. The van der Waals surface area contributed by atoms with Gasteiger partial charge >= 0.3 is 0 Å². The molecule has 0 saturated carbocycles. The Bertz CT molecular complexity index is 326. The Morgan fingerprint density at radius 2 is 1.90 bits per heavy atom. The molecule has 3 aliphatic heterocycles. The Balaban J connectivity index is 1.63. The van der Waals surface area contributed by atoms with E-state index in [0.29, 0.717) is 6.04 Å². The molecule has 0 radical (unpaired) electrons. The maximum atomic E-state index is 6.23. The monoisotopic (exact) mass is 280 g/mol. The van der Waals surface area contributed by atoms with Crippen LogP contribution >= 0.6 is 0 Å². The van der Waals surface area contributed by atoms with Crippen LogP contribution < -0.4 is 5.73 Å². The maximum Gasteiger partial charge on any atom is 0.0471 e. The molecular weight excluding hydrogens is 248 g/mol. The Labute approximate surface area is 124 Å². The number of rotatable bonds is 4. The van der Waals surface area contributed by atoms with Crippen molar-refractivity contribution in [1.82, 2.24) is 14.7 Å². The van der Waals surface area contributed by atoms with Crippen LogP contribution in [0.3, 0.4) is 0 Å². The maximum absolute atomic E-state index is 6.23. The van der Waals surface area contributed by atoms with Gasteiger partial charge in [0, 0.05) is 50.3 Å². The summed E-state index contributed by atoms with van der Waals surface area (Å²) in [5, 5.41) is 0. The molecule has 4 heteroatoms. The molecule has 4 nitrogen and oxygen atoms in total. The molecule has 0 aromatic carbocycles. The summed E-state index contributed by atoms with van der Waals surface area (Å²) in [4.78, 5) is 8.06. The van der Waals surface area contributed by atoms with E-state index in [9.17, 15) is 0 Å². The molecule has 2 unspecified atom stereocenters. The minimum absolute atomic E-state index is 0.263. The number of nitrogens with zero attached hydrogens (tertiary/aromatic N) is 3. The third-order valence-electron chi connectivity index (χ3n) is 5.96. The molecule has 0 amide bonds. The first kappa shape index (κ1) is 14.8. The Kier molecular flexibility index (Phi) is 4.37. The van der Waals surface area contributed by atoms with Gasteiger partial charge in [0.05, 0.1) is 0 Å². The molecule has 2 atom stereocenters. The smallest absolute Gasteiger partial charge is 0.0471 e. The van der Waals surface area contributed by atoms with Gasteiger partial charge in [0.2, 0.25) is 0 Å². The van der Waals surface area contributed by atoms with Crippen molar-refractivity contribution in [3.63, 3.8) is 0 Å². The predicted octanol–water partition coefficient (Wildman–Crippen LogP) is 0.968. The quantitative estimate of drug-likeness (QED) is 0.832. The van der Waals surface area contributed by atoms with Crippen LogP contribution in [0.2, 0.25) is 0 Å². The molecule has 3 aliphatic rings. The topological polar surface area (TPSA) is 35.7 Å². The Hall–Kier alpha value is -0.160. The van der Waals surface area contributed by atoms with Gasteiger partial charge in [0.15, 0.2) is 0 Å². The molecule has 3 heterocycles. The fourth-order valence-corrected chi connectivity index (χ4v) is 4.46. The van der Waals surface area contributed by atoms with Crippen molar-refractivity contribution >= 4 is 0 Å². The van der Waals surface area contributed by atoms with Crippen molar-refractivity contribution in [1.29, 1.82) is 0 Å². The fraction of sp³-hybridized carbons (Fsp3) is 1.00. The molecule has 0 aromatic heterocycles. The second-order valence-electron chi connectivity index (χ2n) is 7.37. The standard InChI is InChI=1S/C16H32N4/c1-14(2)19-10-6-16(12-17,13-19)20-9-5-15(11-20)18-7-3-4-8-18/h14-15H,3-13,17H2,1-2H3. The Morgan fingerprint density at radius 3 is 2.50 bits per heavy atom. The van der Waals surface area contributed by atoms with Crippen LogP contribution in [-0.2, 0) is 0 Å². The first-order valence-corrected chi connectivity index (χ1v) is 8.58. The van der Waals surface area contributed by atoms with Gasteiger partial charge in [-0.3, -0.25) is 14.7 Å². The van der Waals surface area contributed by atoms with Crippen molar-refractivity contribution < 1.29 is 0 Å². The summed E-state index contributed by atoms with van der Waals surface area (Å²) in [5.41, 5.74) is 6.49. The highest BCUT2D eigenvalue weighted by Gasteiger charge is 2.45. The van der Waals surface area contributed by atoms with Gasteiger partial charge in [-0.2, -0.15) is 0 Å². The summed E-state index contributed by atoms with van der Waals surface area (Å²) in [6, 6.07) is 1.45. The molecule has 3 rings (SSSR count). The number of likely N-dealkylation sites (tertiary alicyclic amines) is 3. The lowest BCUT2D eigenvalue weighted by Gasteiger charge is -2.39. The molecule has 3 fully saturated rings. The van der Waals surface area contributed by atoms with Crippen LogP contribution in [0.25, 0.3) is 0 Å². The fourth-order valence-electron chi connectivity index (χ4n) is 4.46. The summed E-state index contributed by atoms with van der Waals surface area (Å²) in [7, 11) is 0. The van der Waals surface area contributed by atoms with E-state index in [1.165, 1.54) is 65.0 Å². The largest absolute Gasteiger partial charge is 0.329 e. The van der Waals surface area contributed by atoms with Crippen LogP contribution in [0.4, 0.5) is 0 Å². The second kappa shape index (κ2) is 5.91. The highest BCUT2D eigenvalue weighted by molar-refractivity contribution is 5.04.